The lowest BCUT2D eigenvalue weighted by Crippen LogP contribution is -2.54. The Balaban J connectivity index is 2.12. The van der Waals surface area contributed by atoms with Crippen molar-refractivity contribution in [1.29, 1.82) is 0 Å². The molecule has 0 aliphatic carbocycles. The second-order valence-corrected chi connectivity index (χ2v) is 3.96. The minimum Gasteiger partial charge on any atom is -0.383 e. The number of hydrogen-bond acceptors (Lipinski definition) is 2. The predicted molar refractivity (Wildman–Crippen MR) is 56.1 cm³/mol. The van der Waals surface area contributed by atoms with Gasteiger partial charge in [-0.25, -0.2) is 0 Å². The summed E-state index contributed by atoms with van der Waals surface area (Å²) >= 11 is 0. The van der Waals surface area contributed by atoms with Crippen LogP contribution in [0.5, 0.6) is 0 Å². The van der Waals surface area contributed by atoms with Gasteiger partial charge in [-0.1, -0.05) is 26.2 Å². The summed E-state index contributed by atoms with van der Waals surface area (Å²) in [5, 5.41) is 0. The molecule has 0 bridgehead atoms. The molecule has 0 unspecified atom stereocenters. The van der Waals surface area contributed by atoms with Crippen LogP contribution in [0.15, 0.2) is 0 Å². The molecule has 0 N–H and O–H groups in total. The summed E-state index contributed by atoms with van der Waals surface area (Å²) in [6.45, 7) is 3.81. The predicted octanol–water partition coefficient (Wildman–Crippen LogP) is 1.81. The number of amides is 1. The minimum atomic E-state index is 0.295. The maximum absolute atomic E-state index is 11.2. The van der Waals surface area contributed by atoms with Gasteiger partial charge in [0.1, 0.15) is 0 Å². The molecule has 1 rings (SSSR count). The van der Waals surface area contributed by atoms with Crippen molar-refractivity contribution in [1.82, 2.24) is 4.90 Å². The third-order valence-electron chi connectivity index (χ3n) is 2.78. The van der Waals surface area contributed by atoms with E-state index in [0.717, 1.165) is 13.0 Å². The molecule has 1 heterocycles. The average Bonchev–Trinajstić information content (AvgIpc) is 2.17. The van der Waals surface area contributed by atoms with Gasteiger partial charge in [0.25, 0.3) is 0 Å². The number of methoxy groups -OCH3 is 1. The summed E-state index contributed by atoms with van der Waals surface area (Å²) < 4.78 is 5.06. The Bertz CT molecular complexity index is 182. The number of nitrogens with zero attached hydrogens (tertiary/aromatic N) is 1. The maximum atomic E-state index is 11.2. The normalized spacial score (nSPS) is 21.1. The molecule has 1 amide bonds. The molecule has 0 aromatic rings. The Labute approximate surface area is 86.4 Å². The summed E-state index contributed by atoms with van der Waals surface area (Å²) in [6, 6.07) is 0.356. The lowest BCUT2D eigenvalue weighted by atomic mass is 10.0. The van der Waals surface area contributed by atoms with Crippen LogP contribution in [0.3, 0.4) is 0 Å². The Morgan fingerprint density at radius 1 is 1.43 bits per heavy atom. The zero-order valence-corrected chi connectivity index (χ0v) is 9.29. The van der Waals surface area contributed by atoms with E-state index in [0.29, 0.717) is 25.0 Å². The highest BCUT2D eigenvalue weighted by molar-refractivity contribution is 5.83. The fraction of sp³-hybridized carbons (Fsp3) is 0.909. The molecule has 0 aromatic carbocycles. The molecule has 1 atom stereocenters. The number of unbranched alkanes of at least 4 members (excludes halogenated alkanes) is 3. The van der Waals surface area contributed by atoms with Gasteiger partial charge in [0.2, 0.25) is 5.91 Å². The fourth-order valence-electron chi connectivity index (χ4n) is 1.88. The van der Waals surface area contributed by atoms with Crippen molar-refractivity contribution in [2.24, 2.45) is 0 Å². The third kappa shape index (κ3) is 2.98. The average molecular weight is 199 g/mol. The first-order valence-corrected chi connectivity index (χ1v) is 5.58. The van der Waals surface area contributed by atoms with Crippen LogP contribution >= 0.6 is 0 Å². The highest BCUT2D eigenvalue weighted by Crippen LogP contribution is 2.20. The van der Waals surface area contributed by atoms with Gasteiger partial charge in [0.15, 0.2) is 0 Å². The van der Waals surface area contributed by atoms with Gasteiger partial charge >= 0.3 is 0 Å². The fourth-order valence-corrected chi connectivity index (χ4v) is 1.88. The van der Waals surface area contributed by atoms with E-state index in [1.165, 1.54) is 19.3 Å². The summed E-state index contributed by atoms with van der Waals surface area (Å²) in [5.74, 6) is 0.295. The number of carbonyl (C=O) groups excluding carboxylic acids is 1. The van der Waals surface area contributed by atoms with Crippen LogP contribution in [-0.4, -0.2) is 37.1 Å². The van der Waals surface area contributed by atoms with Crippen LogP contribution in [0.4, 0.5) is 0 Å². The SMILES string of the molecule is CCCCCCN1C(=O)C[C@@H]1COC. The van der Waals surface area contributed by atoms with Crippen molar-refractivity contribution in [2.75, 3.05) is 20.3 Å². The Hall–Kier alpha value is -0.570. The topological polar surface area (TPSA) is 29.5 Å². The number of carbonyl (C=O) groups is 1. The standard InChI is InChI=1S/C11H21NO2/c1-3-4-5-6-7-12-10(9-14-2)8-11(12)13/h10H,3-9H2,1-2H3/t10-/m1/s1. The van der Waals surface area contributed by atoms with Crippen molar-refractivity contribution in [3.63, 3.8) is 0 Å². The molecule has 1 saturated heterocycles. The van der Waals surface area contributed by atoms with Gasteiger partial charge in [-0.15, -0.1) is 0 Å². The van der Waals surface area contributed by atoms with Gasteiger partial charge in [-0.05, 0) is 6.42 Å². The summed E-state index contributed by atoms with van der Waals surface area (Å²) in [6.07, 6.45) is 5.58. The summed E-state index contributed by atoms with van der Waals surface area (Å²) in [7, 11) is 1.69. The number of likely N-dealkylation sites (tertiary alicyclic amines) is 1. The number of ether oxygens (including phenoxy) is 1. The lowest BCUT2D eigenvalue weighted by molar-refractivity contribution is -0.148. The van der Waals surface area contributed by atoms with E-state index < -0.39 is 0 Å². The molecule has 82 valence electrons. The highest BCUT2D eigenvalue weighted by Gasteiger charge is 2.34. The van der Waals surface area contributed by atoms with Crippen LogP contribution in [0.1, 0.15) is 39.0 Å². The van der Waals surface area contributed by atoms with E-state index >= 15 is 0 Å². The molecule has 1 aliphatic heterocycles. The largest absolute Gasteiger partial charge is 0.383 e. The molecule has 14 heavy (non-hydrogen) atoms. The first-order valence-electron chi connectivity index (χ1n) is 5.58. The second-order valence-electron chi connectivity index (χ2n) is 3.96. The van der Waals surface area contributed by atoms with Gasteiger partial charge in [-0.2, -0.15) is 0 Å². The Morgan fingerprint density at radius 3 is 2.79 bits per heavy atom. The number of hydrogen-bond donors (Lipinski definition) is 0. The Kier molecular flexibility index (Phi) is 4.94. The Morgan fingerprint density at radius 2 is 2.21 bits per heavy atom. The van der Waals surface area contributed by atoms with Crippen molar-refractivity contribution >= 4 is 5.91 Å². The molecule has 1 aliphatic rings. The van der Waals surface area contributed by atoms with Gasteiger partial charge in [-0.3, -0.25) is 4.79 Å². The third-order valence-corrected chi connectivity index (χ3v) is 2.78. The van der Waals surface area contributed by atoms with Gasteiger partial charge < -0.3 is 9.64 Å². The molecule has 0 radical (unpaired) electrons. The van der Waals surface area contributed by atoms with Crippen molar-refractivity contribution < 1.29 is 9.53 Å². The molecule has 1 fully saturated rings. The zero-order valence-electron chi connectivity index (χ0n) is 9.29. The van der Waals surface area contributed by atoms with Crippen LogP contribution in [0.25, 0.3) is 0 Å². The molecule has 0 saturated carbocycles. The summed E-state index contributed by atoms with van der Waals surface area (Å²) in [4.78, 5) is 13.2. The van der Waals surface area contributed by atoms with E-state index in [2.05, 4.69) is 6.92 Å². The first-order chi connectivity index (χ1) is 6.79. The van der Waals surface area contributed by atoms with Crippen molar-refractivity contribution in [3.05, 3.63) is 0 Å². The first kappa shape index (κ1) is 11.5. The second kappa shape index (κ2) is 6.02. The quantitative estimate of drug-likeness (QED) is 0.462. The van der Waals surface area contributed by atoms with Crippen molar-refractivity contribution in [2.45, 2.75) is 45.1 Å². The van der Waals surface area contributed by atoms with Gasteiger partial charge in [0, 0.05) is 20.1 Å². The van der Waals surface area contributed by atoms with Crippen molar-refractivity contribution in [3.8, 4) is 0 Å². The molecule has 0 aromatic heterocycles. The lowest BCUT2D eigenvalue weighted by Gasteiger charge is -2.40. The summed E-state index contributed by atoms with van der Waals surface area (Å²) in [5.41, 5.74) is 0. The van der Waals surface area contributed by atoms with Crippen LogP contribution in [0, 0.1) is 0 Å². The molecular weight excluding hydrogens is 178 g/mol. The number of rotatable bonds is 7. The number of β-lactam (4-membered cyclic amide) rings is 1. The minimum absolute atomic E-state index is 0.295. The van der Waals surface area contributed by atoms with Crippen LogP contribution in [-0.2, 0) is 9.53 Å². The van der Waals surface area contributed by atoms with Crippen LogP contribution in [0.2, 0.25) is 0 Å². The van der Waals surface area contributed by atoms with E-state index in [1.807, 2.05) is 4.90 Å². The molecule has 3 nitrogen and oxygen atoms in total. The molecule has 0 spiro atoms. The van der Waals surface area contributed by atoms with E-state index in [9.17, 15) is 4.79 Å². The monoisotopic (exact) mass is 199 g/mol. The molecular formula is C11H21NO2. The zero-order chi connectivity index (χ0) is 10.4. The van der Waals surface area contributed by atoms with Gasteiger partial charge in [0.05, 0.1) is 12.6 Å². The highest BCUT2D eigenvalue weighted by atomic mass is 16.5. The maximum Gasteiger partial charge on any atom is 0.225 e. The van der Waals surface area contributed by atoms with Crippen LogP contribution < -0.4 is 0 Å². The van der Waals surface area contributed by atoms with E-state index in [1.54, 1.807) is 7.11 Å². The smallest absolute Gasteiger partial charge is 0.225 e. The van der Waals surface area contributed by atoms with E-state index in [4.69, 9.17) is 4.74 Å². The molecule has 3 heteroatoms. The van der Waals surface area contributed by atoms with E-state index in [-0.39, 0.29) is 0 Å².